The van der Waals surface area contributed by atoms with Gasteiger partial charge in [-0.2, -0.15) is 11.8 Å². The first-order valence-electron chi connectivity index (χ1n) is 9.89. The average molecular weight is 420 g/mol. The van der Waals surface area contributed by atoms with Gasteiger partial charge in [0, 0.05) is 31.0 Å². The summed E-state index contributed by atoms with van der Waals surface area (Å²) in [4.78, 5) is 38.6. The quantitative estimate of drug-likeness (QED) is 0.579. The molecule has 8 nitrogen and oxygen atoms in total. The molecular formula is C20H25N3O5S. The van der Waals surface area contributed by atoms with Crippen LogP contribution in [-0.2, 0) is 32.0 Å². The Hall–Kier alpha value is -2.10. The molecule has 1 unspecified atom stereocenters. The molecule has 3 heterocycles. The monoisotopic (exact) mass is 419 g/mol. The van der Waals surface area contributed by atoms with Crippen LogP contribution < -0.4 is 15.5 Å². The number of aliphatic hydroxyl groups excluding tert-OH is 1. The molecule has 3 amide bonds. The summed E-state index contributed by atoms with van der Waals surface area (Å²) in [5, 5.41) is 14.4. The van der Waals surface area contributed by atoms with Crippen molar-refractivity contribution in [1.82, 2.24) is 5.32 Å². The van der Waals surface area contributed by atoms with Crippen molar-refractivity contribution in [2.75, 3.05) is 48.0 Å². The van der Waals surface area contributed by atoms with Crippen LogP contribution in [0.1, 0.15) is 24.0 Å². The molecule has 0 saturated carbocycles. The lowest BCUT2D eigenvalue weighted by molar-refractivity contribution is -0.137. The largest absolute Gasteiger partial charge is 0.394 e. The van der Waals surface area contributed by atoms with Gasteiger partial charge in [-0.15, -0.1) is 0 Å². The van der Waals surface area contributed by atoms with Crippen LogP contribution in [0.25, 0.3) is 0 Å². The number of anilines is 2. The van der Waals surface area contributed by atoms with E-state index in [1.807, 2.05) is 17.0 Å². The Morgan fingerprint density at radius 3 is 2.72 bits per heavy atom. The van der Waals surface area contributed by atoms with Crippen molar-refractivity contribution < 1.29 is 24.2 Å². The zero-order valence-electron chi connectivity index (χ0n) is 16.2. The van der Waals surface area contributed by atoms with Crippen LogP contribution in [0.2, 0.25) is 0 Å². The van der Waals surface area contributed by atoms with Gasteiger partial charge in [0.05, 0.1) is 24.5 Å². The number of hydrogen-bond donors (Lipinski definition) is 3. The second-order valence-corrected chi connectivity index (χ2v) is 8.74. The molecule has 0 radical (unpaired) electrons. The van der Waals surface area contributed by atoms with Gasteiger partial charge in [-0.05, 0) is 48.3 Å². The van der Waals surface area contributed by atoms with Crippen molar-refractivity contribution in [3.05, 3.63) is 23.3 Å². The highest BCUT2D eigenvalue weighted by Gasteiger charge is 2.36. The van der Waals surface area contributed by atoms with E-state index in [0.29, 0.717) is 25.1 Å². The molecular weight excluding hydrogens is 394 g/mol. The molecule has 0 bridgehead atoms. The molecule has 156 valence electrons. The summed E-state index contributed by atoms with van der Waals surface area (Å²) in [6.07, 6.45) is 2.64. The highest BCUT2D eigenvalue weighted by molar-refractivity contribution is 7.99. The third-order valence-corrected chi connectivity index (χ3v) is 6.88. The smallest absolute Gasteiger partial charge is 0.313 e. The van der Waals surface area contributed by atoms with E-state index in [1.54, 1.807) is 11.8 Å². The summed E-state index contributed by atoms with van der Waals surface area (Å²) < 4.78 is 5.74. The Morgan fingerprint density at radius 2 is 2.00 bits per heavy atom. The highest BCUT2D eigenvalue weighted by atomic mass is 32.2. The maximum atomic E-state index is 12.4. The Kier molecular flexibility index (Phi) is 5.80. The first-order chi connectivity index (χ1) is 14.0. The maximum absolute atomic E-state index is 12.4. The summed E-state index contributed by atoms with van der Waals surface area (Å²) >= 11 is 1.73. The zero-order valence-corrected chi connectivity index (χ0v) is 17.0. The van der Waals surface area contributed by atoms with Gasteiger partial charge >= 0.3 is 11.8 Å². The summed E-state index contributed by atoms with van der Waals surface area (Å²) in [6, 6.07) is 3.70. The Balaban J connectivity index is 1.38. The van der Waals surface area contributed by atoms with Gasteiger partial charge in [0.2, 0.25) is 5.91 Å². The number of thioether (sulfide) groups is 1. The molecule has 1 aromatic carbocycles. The average Bonchev–Trinajstić information content (AvgIpc) is 3.36. The second-order valence-electron chi connectivity index (χ2n) is 7.63. The minimum atomic E-state index is -0.721. The van der Waals surface area contributed by atoms with E-state index in [-0.39, 0.29) is 25.7 Å². The van der Waals surface area contributed by atoms with Crippen LogP contribution in [-0.4, -0.2) is 66.2 Å². The van der Waals surface area contributed by atoms with E-state index in [2.05, 4.69) is 10.6 Å². The number of carbonyl (C=O) groups is 3. The molecule has 0 aliphatic carbocycles. The molecule has 1 aromatic rings. The molecule has 0 spiro atoms. The Morgan fingerprint density at radius 1 is 1.21 bits per heavy atom. The molecule has 1 atom stereocenters. The van der Waals surface area contributed by atoms with Crippen LogP contribution >= 0.6 is 11.8 Å². The van der Waals surface area contributed by atoms with Crippen molar-refractivity contribution in [3.63, 3.8) is 0 Å². The first-order valence-corrected chi connectivity index (χ1v) is 11.0. The van der Waals surface area contributed by atoms with Gasteiger partial charge in [0.1, 0.15) is 0 Å². The van der Waals surface area contributed by atoms with Crippen LogP contribution in [0.4, 0.5) is 11.4 Å². The number of ether oxygens (including phenoxy) is 1. The lowest BCUT2D eigenvalue weighted by Gasteiger charge is -2.28. The number of carbonyl (C=O) groups excluding carboxylic acids is 3. The third kappa shape index (κ3) is 4.12. The normalized spacial score (nSPS) is 22.5. The number of amides is 3. The number of hydrogen-bond acceptors (Lipinski definition) is 6. The van der Waals surface area contributed by atoms with Gasteiger partial charge in [0.15, 0.2) is 0 Å². The van der Waals surface area contributed by atoms with Gasteiger partial charge in [-0.3, -0.25) is 14.4 Å². The third-order valence-electron chi connectivity index (χ3n) is 5.65. The molecule has 3 N–H and O–H groups in total. The molecule has 0 aromatic heterocycles. The molecule has 1 fully saturated rings. The van der Waals surface area contributed by atoms with Gasteiger partial charge in [-0.25, -0.2) is 0 Å². The fourth-order valence-electron chi connectivity index (χ4n) is 4.19. The van der Waals surface area contributed by atoms with Crippen molar-refractivity contribution in [3.8, 4) is 0 Å². The molecule has 4 rings (SSSR count). The summed E-state index contributed by atoms with van der Waals surface area (Å²) in [6.45, 7) is 1.04. The van der Waals surface area contributed by atoms with Crippen molar-refractivity contribution in [1.29, 1.82) is 0 Å². The number of aryl methyl sites for hydroxylation is 1. The van der Waals surface area contributed by atoms with Crippen LogP contribution in [0, 0.1) is 0 Å². The van der Waals surface area contributed by atoms with E-state index >= 15 is 0 Å². The predicted molar refractivity (Wildman–Crippen MR) is 110 cm³/mol. The van der Waals surface area contributed by atoms with Gasteiger partial charge < -0.3 is 25.4 Å². The summed E-state index contributed by atoms with van der Waals surface area (Å²) in [7, 11) is 0. The second kappa shape index (κ2) is 8.33. The van der Waals surface area contributed by atoms with Crippen LogP contribution in [0.5, 0.6) is 0 Å². The number of rotatable bonds is 6. The Labute approximate surface area is 173 Å². The molecule has 1 saturated heterocycles. The minimum absolute atomic E-state index is 0.0788. The first kappa shape index (κ1) is 20.2. The van der Waals surface area contributed by atoms with E-state index in [4.69, 9.17) is 9.84 Å². The number of benzene rings is 1. The van der Waals surface area contributed by atoms with Gasteiger partial charge in [0.25, 0.3) is 0 Å². The standard InChI is InChI=1S/C20H25N3O5S/c24-6-7-28-20(4-8-29-12-20)11-21-18(26)19(27)22-15-9-13-1-2-16(25)23-5-3-14(10-15)17(13)23/h9-10,24H,1-8,11-12H2,(H,21,26)(H,22,27). The minimum Gasteiger partial charge on any atom is -0.394 e. The zero-order chi connectivity index (χ0) is 20.4. The highest BCUT2D eigenvalue weighted by Crippen LogP contribution is 2.38. The SMILES string of the molecule is O=C(NCC1(OCCO)CCSC1)C(=O)Nc1cc2c3c(c1)CCN3C(=O)CC2. The molecule has 3 aliphatic heterocycles. The number of nitrogens with one attached hydrogen (secondary N) is 2. The molecule has 29 heavy (non-hydrogen) atoms. The fourth-order valence-corrected chi connectivity index (χ4v) is 5.56. The van der Waals surface area contributed by atoms with E-state index in [0.717, 1.165) is 41.2 Å². The van der Waals surface area contributed by atoms with Crippen molar-refractivity contribution >= 4 is 40.9 Å². The van der Waals surface area contributed by atoms with Crippen LogP contribution in [0.3, 0.4) is 0 Å². The number of nitrogens with zero attached hydrogens (tertiary/aromatic N) is 1. The van der Waals surface area contributed by atoms with E-state index < -0.39 is 17.4 Å². The van der Waals surface area contributed by atoms with E-state index in [9.17, 15) is 14.4 Å². The van der Waals surface area contributed by atoms with E-state index in [1.165, 1.54) is 0 Å². The molecule has 3 aliphatic rings. The molecule has 9 heteroatoms. The number of aliphatic hydroxyl groups is 1. The topological polar surface area (TPSA) is 108 Å². The lowest BCUT2D eigenvalue weighted by Crippen LogP contribution is -2.48. The maximum Gasteiger partial charge on any atom is 0.313 e. The van der Waals surface area contributed by atoms with Crippen molar-refractivity contribution in [2.45, 2.75) is 31.3 Å². The predicted octanol–water partition coefficient (Wildman–Crippen LogP) is 0.461. The van der Waals surface area contributed by atoms with Gasteiger partial charge in [-0.1, -0.05) is 0 Å². The summed E-state index contributed by atoms with van der Waals surface area (Å²) in [5.41, 5.74) is 3.10. The Bertz CT molecular complexity index is 838. The fraction of sp³-hybridized carbons (Fsp3) is 0.550. The lowest BCUT2D eigenvalue weighted by atomic mass is 9.98. The van der Waals surface area contributed by atoms with Crippen molar-refractivity contribution in [2.24, 2.45) is 0 Å². The van der Waals surface area contributed by atoms with Crippen LogP contribution in [0.15, 0.2) is 12.1 Å². The summed E-state index contributed by atoms with van der Waals surface area (Å²) in [5.74, 6) is 0.361.